The first kappa shape index (κ1) is 19.5. The smallest absolute Gasteiger partial charge is 0.335 e. The molecule has 0 spiro atoms. The van der Waals surface area contributed by atoms with Gasteiger partial charge in [-0.3, -0.25) is 5.32 Å². The van der Waals surface area contributed by atoms with E-state index in [4.69, 9.17) is 21.1 Å². The molecule has 2 aromatic rings. The van der Waals surface area contributed by atoms with Crippen molar-refractivity contribution in [2.75, 3.05) is 19.0 Å². The van der Waals surface area contributed by atoms with Crippen LogP contribution in [0.15, 0.2) is 11.2 Å². The molecule has 0 aromatic carbocycles. The molecule has 0 aliphatic heterocycles. The molecule has 2 rings (SSSR count). The summed E-state index contributed by atoms with van der Waals surface area (Å²) >= 11 is 5.82. The normalized spacial score (nSPS) is 10.9. The Hall–Kier alpha value is -2.80. The number of hydrogen-bond acceptors (Lipinski definition) is 10. The Balaban J connectivity index is 2.25. The van der Waals surface area contributed by atoms with Gasteiger partial charge in [-0.05, 0) is 13.8 Å². The second-order valence-electron chi connectivity index (χ2n) is 4.48. The maximum atomic E-state index is 12.4. The van der Waals surface area contributed by atoms with Crippen LogP contribution in [0.25, 0.3) is 0 Å². The summed E-state index contributed by atoms with van der Waals surface area (Å²) in [6, 6.07) is -1.19. The molecule has 0 unspecified atom stereocenters. The van der Waals surface area contributed by atoms with Gasteiger partial charge in [-0.2, -0.15) is 15.0 Å². The standard InChI is InChI=1S/C12H14ClN7O5S/c1-4-25-9-7(8(13)14-5-15-9)26(22,23)20-11(21)18-10-16-6(2)17-12(19-10)24-3/h5H,4H2,1-3H3,(H2,16,17,18,19,20,21). The number of sulfonamides is 1. The number of carbonyl (C=O) groups excluding carboxylic acids is 1. The number of rotatable bonds is 6. The fourth-order valence-corrected chi connectivity index (χ4v) is 3.15. The Kier molecular flexibility index (Phi) is 6.05. The average molecular weight is 404 g/mol. The van der Waals surface area contributed by atoms with Crippen LogP contribution in [-0.2, 0) is 10.0 Å². The first-order valence-corrected chi connectivity index (χ1v) is 8.86. The average Bonchev–Trinajstić information content (AvgIpc) is 2.53. The van der Waals surface area contributed by atoms with Crippen LogP contribution in [0, 0.1) is 6.92 Å². The molecule has 0 fully saturated rings. The van der Waals surface area contributed by atoms with Crippen molar-refractivity contribution in [3.05, 3.63) is 17.3 Å². The summed E-state index contributed by atoms with van der Waals surface area (Å²) in [4.78, 5) is 30.2. The molecule has 2 heterocycles. The van der Waals surface area contributed by atoms with Crippen LogP contribution in [0.4, 0.5) is 10.7 Å². The number of methoxy groups -OCH3 is 1. The van der Waals surface area contributed by atoms with Crippen molar-refractivity contribution in [2.45, 2.75) is 18.7 Å². The Labute approximate surface area is 153 Å². The van der Waals surface area contributed by atoms with Crippen molar-refractivity contribution >= 4 is 33.6 Å². The quantitative estimate of drug-likeness (QED) is 0.651. The largest absolute Gasteiger partial charge is 0.477 e. The summed E-state index contributed by atoms with van der Waals surface area (Å²) < 4.78 is 36.6. The molecule has 0 saturated heterocycles. The first-order valence-electron chi connectivity index (χ1n) is 7.00. The van der Waals surface area contributed by atoms with Crippen LogP contribution >= 0.6 is 11.6 Å². The molecule has 0 atom stereocenters. The maximum Gasteiger partial charge on any atom is 0.335 e. The molecule has 2 amide bonds. The van der Waals surface area contributed by atoms with Crippen LogP contribution in [0.5, 0.6) is 11.9 Å². The molecule has 12 nitrogen and oxygen atoms in total. The molecule has 0 bridgehead atoms. The number of aryl methyl sites for hydroxylation is 1. The summed E-state index contributed by atoms with van der Waals surface area (Å²) in [7, 11) is -3.11. The number of nitrogens with one attached hydrogen (secondary N) is 2. The van der Waals surface area contributed by atoms with E-state index in [9.17, 15) is 13.2 Å². The highest BCUT2D eigenvalue weighted by atomic mass is 35.5. The van der Waals surface area contributed by atoms with Crippen LogP contribution in [0.3, 0.4) is 0 Å². The molecular weight excluding hydrogens is 390 g/mol. The van der Waals surface area contributed by atoms with Crippen LogP contribution < -0.4 is 19.5 Å². The summed E-state index contributed by atoms with van der Waals surface area (Å²) in [5.41, 5.74) is 0. The van der Waals surface area contributed by atoms with Crippen molar-refractivity contribution < 1.29 is 22.7 Å². The van der Waals surface area contributed by atoms with Gasteiger partial charge in [0.1, 0.15) is 12.2 Å². The van der Waals surface area contributed by atoms with E-state index in [1.807, 2.05) is 0 Å². The number of aromatic nitrogens is 5. The summed E-state index contributed by atoms with van der Waals surface area (Å²) in [5.74, 6) is -0.235. The summed E-state index contributed by atoms with van der Waals surface area (Å²) in [6.07, 6.45) is 1.03. The van der Waals surface area contributed by atoms with E-state index in [-0.39, 0.29) is 30.3 Å². The highest BCUT2D eigenvalue weighted by Gasteiger charge is 2.28. The number of hydrogen-bond donors (Lipinski definition) is 2. The van der Waals surface area contributed by atoms with Crippen LogP contribution in [0.1, 0.15) is 12.7 Å². The predicted octanol–water partition coefficient (Wildman–Crippen LogP) is 0.541. The Morgan fingerprint density at radius 3 is 2.65 bits per heavy atom. The number of urea groups is 1. The number of anilines is 1. The number of nitrogens with zero attached hydrogens (tertiary/aromatic N) is 5. The third kappa shape index (κ3) is 4.64. The van der Waals surface area contributed by atoms with Gasteiger partial charge in [0.15, 0.2) is 10.0 Å². The molecule has 0 aliphatic carbocycles. The van der Waals surface area contributed by atoms with Crippen molar-refractivity contribution in [1.82, 2.24) is 29.6 Å². The molecule has 14 heteroatoms. The molecule has 2 aromatic heterocycles. The molecule has 0 aliphatic rings. The minimum Gasteiger partial charge on any atom is -0.477 e. The molecule has 140 valence electrons. The van der Waals surface area contributed by atoms with E-state index < -0.39 is 26.1 Å². The first-order chi connectivity index (χ1) is 12.3. The zero-order valence-corrected chi connectivity index (χ0v) is 15.4. The lowest BCUT2D eigenvalue weighted by molar-refractivity contribution is 0.256. The van der Waals surface area contributed by atoms with E-state index in [1.165, 1.54) is 7.11 Å². The Bertz CT molecular complexity index is 924. The van der Waals surface area contributed by atoms with E-state index in [0.717, 1.165) is 6.33 Å². The van der Waals surface area contributed by atoms with Gasteiger partial charge in [0.2, 0.25) is 11.8 Å². The van der Waals surface area contributed by atoms with E-state index in [2.05, 4.69) is 30.2 Å². The third-order valence-electron chi connectivity index (χ3n) is 2.64. The Morgan fingerprint density at radius 2 is 2.00 bits per heavy atom. The highest BCUT2D eigenvalue weighted by molar-refractivity contribution is 7.90. The highest BCUT2D eigenvalue weighted by Crippen LogP contribution is 2.27. The number of ether oxygens (including phenoxy) is 2. The van der Waals surface area contributed by atoms with Gasteiger partial charge in [0, 0.05) is 0 Å². The number of amides is 2. The second-order valence-corrected chi connectivity index (χ2v) is 6.46. The monoisotopic (exact) mass is 403 g/mol. The lowest BCUT2D eigenvalue weighted by Crippen LogP contribution is -2.35. The molecule has 0 radical (unpaired) electrons. The van der Waals surface area contributed by atoms with Crippen molar-refractivity contribution in [3.63, 3.8) is 0 Å². The minimum atomic E-state index is -4.44. The maximum absolute atomic E-state index is 12.4. The summed E-state index contributed by atoms with van der Waals surface area (Å²) in [6.45, 7) is 3.30. The van der Waals surface area contributed by atoms with Gasteiger partial charge in [0.25, 0.3) is 10.0 Å². The van der Waals surface area contributed by atoms with Crippen LogP contribution in [0.2, 0.25) is 5.15 Å². The van der Waals surface area contributed by atoms with E-state index in [0.29, 0.717) is 0 Å². The van der Waals surface area contributed by atoms with Gasteiger partial charge >= 0.3 is 12.0 Å². The van der Waals surface area contributed by atoms with Crippen LogP contribution in [-0.4, -0.2) is 53.1 Å². The summed E-state index contributed by atoms with van der Waals surface area (Å²) in [5, 5.41) is 1.76. The lowest BCUT2D eigenvalue weighted by Gasteiger charge is -2.12. The minimum absolute atomic E-state index is 0.0474. The van der Waals surface area contributed by atoms with Gasteiger partial charge in [0.05, 0.1) is 13.7 Å². The van der Waals surface area contributed by atoms with Gasteiger partial charge in [-0.25, -0.2) is 27.9 Å². The molecule has 26 heavy (non-hydrogen) atoms. The SMILES string of the molecule is CCOc1ncnc(Cl)c1S(=O)(=O)NC(=O)Nc1nc(C)nc(OC)n1. The van der Waals surface area contributed by atoms with Crippen molar-refractivity contribution in [1.29, 1.82) is 0 Å². The molecule has 2 N–H and O–H groups in total. The number of halogens is 1. The second kappa shape index (κ2) is 8.05. The van der Waals surface area contributed by atoms with Crippen molar-refractivity contribution in [2.24, 2.45) is 0 Å². The van der Waals surface area contributed by atoms with E-state index >= 15 is 0 Å². The molecular formula is C12H14ClN7O5S. The molecule has 0 saturated carbocycles. The van der Waals surface area contributed by atoms with Crippen molar-refractivity contribution in [3.8, 4) is 11.9 Å². The van der Waals surface area contributed by atoms with Gasteiger partial charge < -0.3 is 9.47 Å². The fourth-order valence-electron chi connectivity index (χ4n) is 1.71. The van der Waals surface area contributed by atoms with Gasteiger partial charge in [-0.15, -0.1) is 0 Å². The zero-order valence-electron chi connectivity index (χ0n) is 13.8. The van der Waals surface area contributed by atoms with Gasteiger partial charge in [-0.1, -0.05) is 11.6 Å². The predicted molar refractivity (Wildman–Crippen MR) is 88.7 cm³/mol. The number of carbonyl (C=O) groups is 1. The lowest BCUT2D eigenvalue weighted by atomic mass is 10.6. The topological polar surface area (TPSA) is 158 Å². The van der Waals surface area contributed by atoms with E-state index in [1.54, 1.807) is 18.6 Å². The third-order valence-corrected chi connectivity index (χ3v) is 4.40. The zero-order chi connectivity index (χ0) is 19.3. The fraction of sp³-hybridized carbons (Fsp3) is 0.333. The Morgan fingerprint density at radius 1 is 1.27 bits per heavy atom.